The number of benzene rings is 2. The second-order valence-corrected chi connectivity index (χ2v) is 8.63. The van der Waals surface area contributed by atoms with E-state index < -0.39 is 9.84 Å². The van der Waals surface area contributed by atoms with E-state index in [-0.39, 0.29) is 21.7 Å². The van der Waals surface area contributed by atoms with Crippen LogP contribution in [-0.2, 0) is 9.84 Å². The standard InChI is InChI=1S/C18H17BrN2O3S/c1-12-5-4-6-13(11-12)16-20-17(18(24-16)21(2)3)25(22,23)15-9-7-14(19)8-10-15/h4-11H,1-3H3. The molecule has 0 aliphatic heterocycles. The normalized spacial score (nSPS) is 11.5. The summed E-state index contributed by atoms with van der Waals surface area (Å²) in [6.07, 6.45) is 0. The number of nitrogens with zero attached hydrogens (tertiary/aromatic N) is 2. The minimum atomic E-state index is -3.80. The van der Waals surface area contributed by atoms with Crippen LogP contribution in [0.5, 0.6) is 0 Å². The minimum absolute atomic E-state index is 0.0867. The Morgan fingerprint density at radius 3 is 2.36 bits per heavy atom. The summed E-state index contributed by atoms with van der Waals surface area (Å²) in [6, 6.07) is 14.0. The molecule has 0 spiro atoms. The lowest BCUT2D eigenvalue weighted by atomic mass is 10.1. The van der Waals surface area contributed by atoms with Crippen LogP contribution in [0.25, 0.3) is 11.5 Å². The molecule has 0 amide bonds. The molecule has 0 aliphatic carbocycles. The van der Waals surface area contributed by atoms with Crippen LogP contribution in [-0.4, -0.2) is 27.5 Å². The highest BCUT2D eigenvalue weighted by molar-refractivity contribution is 9.10. The minimum Gasteiger partial charge on any atom is -0.419 e. The van der Waals surface area contributed by atoms with Crippen molar-refractivity contribution in [2.24, 2.45) is 0 Å². The predicted molar refractivity (Wildman–Crippen MR) is 101 cm³/mol. The van der Waals surface area contributed by atoms with Gasteiger partial charge in [-0.15, -0.1) is 0 Å². The van der Waals surface area contributed by atoms with Crippen molar-refractivity contribution in [1.29, 1.82) is 0 Å². The number of hydrogen-bond donors (Lipinski definition) is 0. The average molecular weight is 421 g/mol. The molecule has 0 fully saturated rings. The highest BCUT2D eigenvalue weighted by Gasteiger charge is 2.29. The molecule has 0 atom stereocenters. The zero-order valence-corrected chi connectivity index (χ0v) is 16.4. The predicted octanol–water partition coefficient (Wildman–Crippen LogP) is 4.31. The van der Waals surface area contributed by atoms with Gasteiger partial charge in [0.15, 0.2) is 0 Å². The van der Waals surface area contributed by atoms with Crippen molar-refractivity contribution in [3.8, 4) is 11.5 Å². The van der Waals surface area contributed by atoms with Crippen LogP contribution in [0.1, 0.15) is 5.56 Å². The molecule has 7 heteroatoms. The molecule has 0 N–H and O–H groups in total. The number of sulfone groups is 1. The van der Waals surface area contributed by atoms with Gasteiger partial charge < -0.3 is 9.32 Å². The molecule has 1 heterocycles. The Hall–Kier alpha value is -2.12. The maximum absolute atomic E-state index is 13.0. The summed E-state index contributed by atoms with van der Waals surface area (Å²) < 4.78 is 32.6. The summed E-state index contributed by atoms with van der Waals surface area (Å²) in [5.74, 6) is 0.488. The number of rotatable bonds is 4. The number of hydrogen-bond acceptors (Lipinski definition) is 5. The molecule has 2 aromatic carbocycles. The van der Waals surface area contributed by atoms with Gasteiger partial charge in [-0.1, -0.05) is 33.6 Å². The number of aryl methyl sites for hydroxylation is 1. The molecule has 0 unspecified atom stereocenters. The third kappa shape index (κ3) is 3.48. The molecular formula is C18H17BrN2O3S. The van der Waals surface area contributed by atoms with Crippen molar-refractivity contribution in [1.82, 2.24) is 4.98 Å². The Morgan fingerprint density at radius 2 is 1.76 bits per heavy atom. The Bertz CT molecular complexity index is 1010. The summed E-state index contributed by atoms with van der Waals surface area (Å²) in [6.45, 7) is 1.96. The first-order valence-corrected chi connectivity index (χ1v) is 9.82. The first kappa shape index (κ1) is 17.7. The number of anilines is 1. The molecule has 3 rings (SSSR count). The van der Waals surface area contributed by atoms with E-state index in [1.165, 1.54) is 0 Å². The summed E-state index contributed by atoms with van der Waals surface area (Å²) in [4.78, 5) is 6.08. The second kappa shape index (κ2) is 6.65. The average Bonchev–Trinajstić information content (AvgIpc) is 3.02. The van der Waals surface area contributed by atoms with Crippen LogP contribution < -0.4 is 4.90 Å². The van der Waals surface area contributed by atoms with E-state index in [0.29, 0.717) is 0 Å². The third-order valence-electron chi connectivity index (χ3n) is 3.63. The summed E-state index contributed by atoms with van der Waals surface area (Å²) in [5.41, 5.74) is 1.78. The van der Waals surface area contributed by atoms with Gasteiger partial charge in [0.25, 0.3) is 0 Å². The molecule has 1 aromatic heterocycles. The van der Waals surface area contributed by atoms with Crippen LogP contribution >= 0.6 is 15.9 Å². The first-order chi connectivity index (χ1) is 11.8. The van der Waals surface area contributed by atoms with Gasteiger partial charge in [0.2, 0.25) is 26.6 Å². The fourth-order valence-corrected chi connectivity index (χ4v) is 4.02. The molecule has 130 valence electrons. The van der Waals surface area contributed by atoms with E-state index in [4.69, 9.17) is 4.42 Å². The Morgan fingerprint density at radius 1 is 1.08 bits per heavy atom. The van der Waals surface area contributed by atoms with Gasteiger partial charge in [-0.2, -0.15) is 4.98 Å². The highest BCUT2D eigenvalue weighted by Crippen LogP contribution is 2.34. The molecule has 25 heavy (non-hydrogen) atoms. The smallest absolute Gasteiger partial charge is 0.235 e. The number of oxazole rings is 1. The quantitative estimate of drug-likeness (QED) is 0.628. The zero-order valence-electron chi connectivity index (χ0n) is 14.0. The molecule has 0 saturated heterocycles. The molecule has 0 saturated carbocycles. The van der Waals surface area contributed by atoms with Crippen LogP contribution in [0.2, 0.25) is 0 Å². The fraction of sp³-hybridized carbons (Fsp3) is 0.167. The lowest BCUT2D eigenvalue weighted by molar-refractivity contribution is 0.564. The summed E-state index contributed by atoms with van der Waals surface area (Å²) >= 11 is 3.31. The third-order valence-corrected chi connectivity index (χ3v) is 5.83. The fourth-order valence-electron chi connectivity index (χ4n) is 2.38. The number of halogens is 1. The largest absolute Gasteiger partial charge is 0.419 e. The molecule has 0 bridgehead atoms. The van der Waals surface area contributed by atoms with Crippen molar-refractivity contribution in [2.45, 2.75) is 16.8 Å². The van der Waals surface area contributed by atoms with Gasteiger partial charge in [-0.3, -0.25) is 0 Å². The molecule has 0 radical (unpaired) electrons. The second-order valence-electron chi connectivity index (χ2n) is 5.85. The Balaban J connectivity index is 2.16. The van der Waals surface area contributed by atoms with Crippen molar-refractivity contribution in [2.75, 3.05) is 19.0 Å². The van der Waals surface area contributed by atoms with E-state index in [2.05, 4.69) is 20.9 Å². The first-order valence-electron chi connectivity index (χ1n) is 7.55. The molecule has 5 nitrogen and oxygen atoms in total. The molecular weight excluding hydrogens is 404 g/mol. The van der Waals surface area contributed by atoms with E-state index in [1.807, 2.05) is 31.2 Å². The van der Waals surface area contributed by atoms with Crippen LogP contribution in [0.3, 0.4) is 0 Å². The topological polar surface area (TPSA) is 63.4 Å². The van der Waals surface area contributed by atoms with Gasteiger partial charge in [-0.05, 0) is 43.3 Å². The lowest BCUT2D eigenvalue weighted by Crippen LogP contribution is -2.13. The van der Waals surface area contributed by atoms with Crippen molar-refractivity contribution < 1.29 is 12.8 Å². The van der Waals surface area contributed by atoms with Gasteiger partial charge in [0.05, 0.1) is 4.90 Å². The molecule has 3 aromatic rings. The van der Waals surface area contributed by atoms with Gasteiger partial charge >= 0.3 is 0 Å². The van der Waals surface area contributed by atoms with Gasteiger partial charge in [-0.25, -0.2) is 8.42 Å². The van der Waals surface area contributed by atoms with E-state index in [0.717, 1.165) is 15.6 Å². The SMILES string of the molecule is Cc1cccc(-c2nc(S(=O)(=O)c3ccc(Br)cc3)c(N(C)C)o2)c1. The van der Waals surface area contributed by atoms with Gasteiger partial charge in [0, 0.05) is 24.1 Å². The molecule has 0 aliphatic rings. The van der Waals surface area contributed by atoms with Crippen molar-refractivity contribution in [3.05, 3.63) is 58.6 Å². The Kier molecular flexibility index (Phi) is 4.71. The van der Waals surface area contributed by atoms with E-state index >= 15 is 0 Å². The number of aromatic nitrogens is 1. The lowest BCUT2D eigenvalue weighted by Gasteiger charge is -2.10. The highest BCUT2D eigenvalue weighted by atomic mass is 79.9. The van der Waals surface area contributed by atoms with Crippen molar-refractivity contribution >= 4 is 31.7 Å². The van der Waals surface area contributed by atoms with E-state index in [9.17, 15) is 8.42 Å². The summed E-state index contributed by atoms with van der Waals surface area (Å²) in [5, 5.41) is -0.0867. The van der Waals surface area contributed by atoms with Crippen LogP contribution in [0.4, 0.5) is 5.88 Å². The van der Waals surface area contributed by atoms with Crippen LogP contribution in [0.15, 0.2) is 67.3 Å². The van der Waals surface area contributed by atoms with Gasteiger partial charge in [0.1, 0.15) is 0 Å². The summed E-state index contributed by atoms with van der Waals surface area (Å²) in [7, 11) is -0.349. The zero-order chi connectivity index (χ0) is 18.2. The maximum Gasteiger partial charge on any atom is 0.235 e. The van der Waals surface area contributed by atoms with Crippen LogP contribution in [0, 0.1) is 6.92 Å². The maximum atomic E-state index is 13.0. The van der Waals surface area contributed by atoms with Crippen molar-refractivity contribution in [3.63, 3.8) is 0 Å². The van der Waals surface area contributed by atoms with E-state index in [1.54, 1.807) is 43.3 Å². The Labute approximate surface area is 155 Å². The monoisotopic (exact) mass is 420 g/mol.